The number of para-hydroxylation sites is 1. The topological polar surface area (TPSA) is 72.0 Å². The maximum absolute atomic E-state index is 11.0. The first kappa shape index (κ1) is 9.02. The van der Waals surface area contributed by atoms with E-state index in [1.165, 1.54) is 0 Å². The van der Waals surface area contributed by atoms with E-state index >= 15 is 0 Å². The number of H-pyrrole nitrogens is 1. The minimum atomic E-state index is -0.494. The number of rotatable bonds is 1. The predicted molar refractivity (Wildman–Crippen MR) is 54.0 cm³/mol. The minimum absolute atomic E-state index is 0.448. The summed E-state index contributed by atoms with van der Waals surface area (Å²) >= 11 is 0. The Kier molecular flexibility index (Phi) is 1.75. The molecule has 0 aliphatic carbocycles. The number of aromatic amines is 1. The molecule has 14 heavy (non-hydrogen) atoms. The van der Waals surface area contributed by atoms with Crippen molar-refractivity contribution >= 4 is 11.1 Å². The van der Waals surface area contributed by atoms with Gasteiger partial charge in [0.15, 0.2) is 5.58 Å². The summed E-state index contributed by atoms with van der Waals surface area (Å²) in [4.78, 5) is 13.6. The Morgan fingerprint density at radius 1 is 1.43 bits per heavy atom. The summed E-state index contributed by atoms with van der Waals surface area (Å²) < 4.78 is 4.94. The molecule has 2 rings (SSSR count). The Bertz CT molecular complexity index is 517. The van der Waals surface area contributed by atoms with Crippen molar-refractivity contribution in [2.24, 2.45) is 5.73 Å². The van der Waals surface area contributed by atoms with Crippen LogP contribution in [0.2, 0.25) is 0 Å². The van der Waals surface area contributed by atoms with Gasteiger partial charge in [-0.05, 0) is 25.5 Å². The van der Waals surface area contributed by atoms with Gasteiger partial charge in [-0.3, -0.25) is 4.98 Å². The number of oxazole rings is 1. The van der Waals surface area contributed by atoms with Crippen LogP contribution in [-0.2, 0) is 5.54 Å². The lowest BCUT2D eigenvalue weighted by Crippen LogP contribution is -2.28. The number of hydrogen-bond donors (Lipinski definition) is 2. The second-order valence-corrected chi connectivity index (χ2v) is 3.91. The zero-order valence-corrected chi connectivity index (χ0v) is 8.13. The highest BCUT2D eigenvalue weighted by molar-refractivity contribution is 5.77. The third-order valence-corrected chi connectivity index (χ3v) is 2.15. The molecule has 0 atom stereocenters. The van der Waals surface area contributed by atoms with Crippen molar-refractivity contribution in [3.8, 4) is 0 Å². The van der Waals surface area contributed by atoms with Crippen molar-refractivity contribution in [3.63, 3.8) is 0 Å². The third kappa shape index (κ3) is 1.33. The van der Waals surface area contributed by atoms with Gasteiger partial charge in [-0.15, -0.1) is 0 Å². The van der Waals surface area contributed by atoms with Crippen molar-refractivity contribution in [2.75, 3.05) is 0 Å². The molecule has 1 heterocycles. The molecule has 1 aromatic carbocycles. The molecule has 74 valence electrons. The molecular weight excluding hydrogens is 180 g/mol. The Hall–Kier alpha value is -1.55. The molecule has 0 saturated heterocycles. The van der Waals surface area contributed by atoms with Crippen molar-refractivity contribution in [1.29, 1.82) is 0 Å². The van der Waals surface area contributed by atoms with Crippen molar-refractivity contribution in [2.45, 2.75) is 19.4 Å². The average molecular weight is 192 g/mol. The number of aromatic nitrogens is 1. The summed E-state index contributed by atoms with van der Waals surface area (Å²) in [6, 6.07) is 5.44. The maximum atomic E-state index is 11.0. The molecule has 0 saturated carbocycles. The summed E-state index contributed by atoms with van der Waals surface area (Å²) in [5.41, 5.74) is 7.58. The molecule has 0 spiro atoms. The first-order chi connectivity index (χ1) is 6.48. The van der Waals surface area contributed by atoms with Crippen LogP contribution in [0.15, 0.2) is 27.4 Å². The number of nitrogens with two attached hydrogens (primary N) is 1. The largest absolute Gasteiger partial charge is 0.417 e. The van der Waals surface area contributed by atoms with Gasteiger partial charge in [0.2, 0.25) is 0 Å². The van der Waals surface area contributed by atoms with Gasteiger partial charge in [0, 0.05) is 5.54 Å². The molecule has 0 aliphatic rings. The van der Waals surface area contributed by atoms with Crippen molar-refractivity contribution in [1.82, 2.24) is 4.98 Å². The van der Waals surface area contributed by atoms with Crippen LogP contribution in [0.25, 0.3) is 11.1 Å². The van der Waals surface area contributed by atoms with Crippen LogP contribution < -0.4 is 11.5 Å². The van der Waals surface area contributed by atoms with Crippen molar-refractivity contribution in [3.05, 3.63) is 34.3 Å². The number of benzene rings is 1. The molecule has 2 aromatic rings. The molecule has 1 aromatic heterocycles. The number of fused-ring (bicyclic) bond motifs is 1. The molecule has 0 bridgehead atoms. The lowest BCUT2D eigenvalue weighted by Gasteiger charge is -2.19. The van der Waals surface area contributed by atoms with Crippen molar-refractivity contribution < 1.29 is 4.42 Å². The van der Waals surface area contributed by atoms with Crippen LogP contribution in [0.3, 0.4) is 0 Å². The van der Waals surface area contributed by atoms with Crippen LogP contribution in [-0.4, -0.2) is 4.98 Å². The van der Waals surface area contributed by atoms with Crippen LogP contribution in [0.4, 0.5) is 0 Å². The van der Waals surface area contributed by atoms with Gasteiger partial charge in [-0.2, -0.15) is 0 Å². The van der Waals surface area contributed by atoms with Gasteiger partial charge < -0.3 is 10.2 Å². The number of nitrogens with one attached hydrogen (secondary N) is 1. The normalized spacial score (nSPS) is 12.2. The fourth-order valence-electron chi connectivity index (χ4n) is 1.51. The highest BCUT2D eigenvalue weighted by Crippen LogP contribution is 2.23. The Morgan fingerprint density at radius 2 is 2.14 bits per heavy atom. The molecule has 0 amide bonds. The quantitative estimate of drug-likeness (QED) is 0.715. The minimum Gasteiger partial charge on any atom is -0.408 e. The van der Waals surface area contributed by atoms with Crippen LogP contribution in [0.5, 0.6) is 0 Å². The fraction of sp³-hybridized carbons (Fsp3) is 0.300. The Morgan fingerprint density at radius 3 is 2.79 bits per heavy atom. The van der Waals surface area contributed by atoms with Crippen LogP contribution in [0, 0.1) is 0 Å². The highest BCUT2D eigenvalue weighted by atomic mass is 16.4. The molecule has 0 unspecified atom stereocenters. The average Bonchev–Trinajstić information content (AvgIpc) is 2.41. The smallest absolute Gasteiger partial charge is 0.408 e. The zero-order valence-electron chi connectivity index (χ0n) is 8.13. The monoisotopic (exact) mass is 192 g/mol. The summed E-state index contributed by atoms with van der Waals surface area (Å²) in [5.74, 6) is -0.448. The second-order valence-electron chi connectivity index (χ2n) is 3.91. The molecule has 4 heteroatoms. The first-order valence-electron chi connectivity index (χ1n) is 4.40. The number of hydrogen-bond acceptors (Lipinski definition) is 3. The molecule has 4 nitrogen and oxygen atoms in total. The predicted octanol–water partition coefficient (Wildman–Crippen LogP) is 1.31. The van der Waals surface area contributed by atoms with E-state index in [1.807, 2.05) is 26.0 Å². The van der Waals surface area contributed by atoms with Gasteiger partial charge in [-0.1, -0.05) is 12.1 Å². The van der Waals surface area contributed by atoms with Gasteiger partial charge in [0.05, 0.1) is 5.52 Å². The SMILES string of the molecule is CC(C)(N)c1cccc2oc(=O)[nH]c12. The molecule has 0 aliphatic heterocycles. The van der Waals surface area contributed by atoms with Gasteiger partial charge in [0.1, 0.15) is 0 Å². The van der Waals surface area contributed by atoms with Gasteiger partial charge in [-0.25, -0.2) is 4.79 Å². The lowest BCUT2D eigenvalue weighted by molar-refractivity contribution is 0.553. The van der Waals surface area contributed by atoms with E-state index in [0.29, 0.717) is 11.1 Å². The van der Waals surface area contributed by atoms with E-state index in [9.17, 15) is 4.79 Å². The highest BCUT2D eigenvalue weighted by Gasteiger charge is 2.18. The third-order valence-electron chi connectivity index (χ3n) is 2.15. The van der Waals surface area contributed by atoms with E-state index in [2.05, 4.69) is 4.98 Å². The first-order valence-corrected chi connectivity index (χ1v) is 4.40. The van der Waals surface area contributed by atoms with E-state index in [-0.39, 0.29) is 0 Å². The van der Waals surface area contributed by atoms with Crippen LogP contribution in [0.1, 0.15) is 19.4 Å². The molecule has 0 radical (unpaired) electrons. The summed E-state index contributed by atoms with van der Waals surface area (Å²) in [6.07, 6.45) is 0. The molecule has 0 fully saturated rings. The van der Waals surface area contributed by atoms with E-state index in [0.717, 1.165) is 5.56 Å². The van der Waals surface area contributed by atoms with Gasteiger partial charge in [0.25, 0.3) is 0 Å². The van der Waals surface area contributed by atoms with E-state index in [4.69, 9.17) is 10.2 Å². The Balaban J connectivity index is 2.83. The maximum Gasteiger partial charge on any atom is 0.417 e. The van der Waals surface area contributed by atoms with Gasteiger partial charge >= 0.3 is 5.76 Å². The zero-order chi connectivity index (χ0) is 10.3. The summed E-state index contributed by atoms with van der Waals surface area (Å²) in [7, 11) is 0. The standard InChI is InChI=1S/C10H12N2O2/c1-10(2,11)6-4-3-5-7-8(6)12-9(13)14-7/h3-5H,11H2,1-2H3,(H,12,13). The molecular formula is C10H12N2O2. The fourth-order valence-corrected chi connectivity index (χ4v) is 1.51. The summed E-state index contributed by atoms with van der Waals surface area (Å²) in [6.45, 7) is 3.76. The molecule has 3 N–H and O–H groups in total. The van der Waals surface area contributed by atoms with Crippen LogP contribution >= 0.6 is 0 Å². The Labute approximate surface area is 80.7 Å². The van der Waals surface area contributed by atoms with E-state index in [1.54, 1.807) is 6.07 Å². The second kappa shape index (κ2) is 2.72. The summed E-state index contributed by atoms with van der Waals surface area (Å²) in [5, 5.41) is 0. The van der Waals surface area contributed by atoms with E-state index < -0.39 is 11.3 Å². The lowest BCUT2D eigenvalue weighted by atomic mass is 9.95.